The number of methoxy groups -OCH3 is 4. The third-order valence-corrected chi connectivity index (χ3v) is 7.19. The second-order valence-corrected chi connectivity index (χ2v) is 8.56. The molecule has 0 saturated carbocycles. The van der Waals surface area contributed by atoms with E-state index in [0.29, 0.717) is 44.7 Å². The van der Waals surface area contributed by atoms with Crippen molar-refractivity contribution in [3.8, 4) is 29.1 Å². The molecule has 8 nitrogen and oxygen atoms in total. The fourth-order valence-electron chi connectivity index (χ4n) is 4.30. The number of ether oxygens (including phenoxy) is 4. The number of rotatable bonds is 6. The third kappa shape index (κ3) is 3.65. The van der Waals surface area contributed by atoms with Crippen LogP contribution in [0.4, 0.5) is 0 Å². The molecule has 1 N–H and O–H groups in total. The summed E-state index contributed by atoms with van der Waals surface area (Å²) in [4.78, 5) is 14.8. The number of nitrogens with zero attached hydrogens (tertiary/aromatic N) is 2. The second kappa shape index (κ2) is 8.89. The highest BCUT2D eigenvalue weighted by molar-refractivity contribution is 8.03. The van der Waals surface area contributed by atoms with Crippen LogP contribution in [0.25, 0.3) is 0 Å². The molecule has 2 aliphatic heterocycles. The number of benzene rings is 2. The van der Waals surface area contributed by atoms with Crippen LogP contribution in [0.1, 0.15) is 23.5 Å². The minimum absolute atomic E-state index is 0.00603. The highest BCUT2D eigenvalue weighted by Crippen LogP contribution is 2.53. The first-order valence-electron chi connectivity index (χ1n) is 10.2. The van der Waals surface area contributed by atoms with E-state index in [-0.39, 0.29) is 18.1 Å². The van der Waals surface area contributed by atoms with Gasteiger partial charge in [0.05, 0.1) is 50.9 Å². The first kappa shape index (κ1) is 22.8. The van der Waals surface area contributed by atoms with Crippen molar-refractivity contribution in [3.05, 3.63) is 58.1 Å². The van der Waals surface area contributed by atoms with Gasteiger partial charge in [-0.3, -0.25) is 9.69 Å². The van der Waals surface area contributed by atoms with Crippen LogP contribution in [0, 0.1) is 11.3 Å². The number of carbonyl (C=O) groups is 1. The van der Waals surface area contributed by atoms with Crippen LogP contribution in [0.15, 0.2) is 47.0 Å². The maximum Gasteiger partial charge on any atom is 0.231 e. The lowest BCUT2D eigenvalue weighted by molar-refractivity contribution is -0.149. The van der Waals surface area contributed by atoms with Crippen LogP contribution in [0.5, 0.6) is 23.0 Å². The monoisotopic (exact) mass is 468 g/mol. The van der Waals surface area contributed by atoms with Gasteiger partial charge >= 0.3 is 0 Å². The smallest absolute Gasteiger partial charge is 0.231 e. The quantitative estimate of drug-likeness (QED) is 0.689. The van der Waals surface area contributed by atoms with Crippen LogP contribution in [0.2, 0.25) is 0 Å². The fraction of sp³-hybridized carbons (Fsp3) is 0.333. The second-order valence-electron chi connectivity index (χ2n) is 7.60. The molecule has 0 unspecified atom stereocenters. The molecule has 2 atom stereocenters. The molecular formula is C24H24N2O6S. The molecule has 1 amide bonds. The molecule has 0 spiro atoms. The van der Waals surface area contributed by atoms with Gasteiger partial charge in [-0.2, -0.15) is 5.26 Å². The van der Waals surface area contributed by atoms with Gasteiger partial charge in [-0.15, -0.1) is 11.8 Å². The van der Waals surface area contributed by atoms with Crippen molar-refractivity contribution < 1.29 is 28.8 Å². The van der Waals surface area contributed by atoms with Gasteiger partial charge in [0.25, 0.3) is 0 Å². The maximum absolute atomic E-state index is 13.4. The number of amides is 1. The number of fused-ring (bicyclic) bond motifs is 1. The van der Waals surface area contributed by atoms with Crippen LogP contribution in [0.3, 0.4) is 0 Å². The van der Waals surface area contributed by atoms with Crippen LogP contribution in [-0.2, 0) is 10.5 Å². The molecule has 0 bridgehead atoms. The summed E-state index contributed by atoms with van der Waals surface area (Å²) in [5.41, 5.74) is -0.0494. The van der Waals surface area contributed by atoms with E-state index in [1.807, 2.05) is 0 Å². The zero-order valence-electron chi connectivity index (χ0n) is 18.7. The first-order chi connectivity index (χ1) is 15.9. The van der Waals surface area contributed by atoms with E-state index in [9.17, 15) is 15.2 Å². The van der Waals surface area contributed by atoms with Gasteiger partial charge in [-0.25, -0.2) is 0 Å². The summed E-state index contributed by atoms with van der Waals surface area (Å²) in [6, 6.07) is 12.6. The van der Waals surface area contributed by atoms with Crippen molar-refractivity contribution in [1.29, 1.82) is 5.26 Å². The number of thioether (sulfide) groups is 1. The molecule has 0 aromatic heterocycles. The highest BCUT2D eigenvalue weighted by Gasteiger charge is 2.52. The zero-order valence-corrected chi connectivity index (χ0v) is 19.6. The molecule has 2 heterocycles. The number of aliphatic hydroxyl groups is 1. The van der Waals surface area contributed by atoms with E-state index in [4.69, 9.17) is 18.9 Å². The normalized spacial score (nSPS) is 22.0. The van der Waals surface area contributed by atoms with Crippen molar-refractivity contribution in [2.45, 2.75) is 18.1 Å². The largest absolute Gasteiger partial charge is 0.497 e. The number of allylic oxidation sites excluding steroid dienone is 1. The van der Waals surface area contributed by atoms with Gasteiger partial charge in [0.2, 0.25) is 5.91 Å². The SMILES string of the molecule is COc1ccc(OC)c([C@H]2CC(=O)N3C(=C2C#N)SC[C@]3(O)c2ccc(OC)c(OC)c2)c1. The summed E-state index contributed by atoms with van der Waals surface area (Å²) in [6.45, 7) is 0. The Hall–Kier alpha value is -3.35. The Morgan fingerprint density at radius 1 is 1.03 bits per heavy atom. The molecule has 2 aromatic rings. The summed E-state index contributed by atoms with van der Waals surface area (Å²) in [5.74, 6) is 1.49. The maximum atomic E-state index is 13.4. The molecule has 2 aromatic carbocycles. The molecule has 0 aliphatic carbocycles. The van der Waals surface area contributed by atoms with Crippen LogP contribution in [-0.4, -0.2) is 50.1 Å². The Morgan fingerprint density at radius 2 is 1.73 bits per heavy atom. The summed E-state index contributed by atoms with van der Waals surface area (Å²) in [6.07, 6.45) is 0.00603. The Balaban J connectivity index is 1.82. The number of hydrogen-bond donors (Lipinski definition) is 1. The van der Waals surface area contributed by atoms with Crippen molar-refractivity contribution >= 4 is 17.7 Å². The Labute approximate surface area is 196 Å². The summed E-state index contributed by atoms with van der Waals surface area (Å²) >= 11 is 1.28. The predicted molar refractivity (Wildman–Crippen MR) is 122 cm³/mol. The molecule has 1 saturated heterocycles. The van der Waals surface area contributed by atoms with Gasteiger partial charge in [-0.1, -0.05) is 6.07 Å². The topological polar surface area (TPSA) is 101 Å². The van der Waals surface area contributed by atoms with E-state index >= 15 is 0 Å². The van der Waals surface area contributed by atoms with E-state index in [0.717, 1.165) is 0 Å². The molecule has 4 rings (SSSR count). The predicted octanol–water partition coefficient (Wildman–Crippen LogP) is 3.36. The lowest BCUT2D eigenvalue weighted by atomic mass is 9.84. The molecule has 172 valence electrons. The number of nitriles is 1. The fourth-order valence-corrected chi connectivity index (χ4v) is 5.66. The lowest BCUT2D eigenvalue weighted by Gasteiger charge is -2.38. The Morgan fingerprint density at radius 3 is 2.36 bits per heavy atom. The third-order valence-electron chi connectivity index (χ3n) is 5.97. The van der Waals surface area contributed by atoms with Crippen molar-refractivity contribution in [2.75, 3.05) is 34.2 Å². The molecule has 2 aliphatic rings. The Kier molecular flexibility index (Phi) is 6.15. The minimum atomic E-state index is -1.62. The van der Waals surface area contributed by atoms with E-state index < -0.39 is 11.6 Å². The van der Waals surface area contributed by atoms with E-state index in [1.54, 1.807) is 50.6 Å². The van der Waals surface area contributed by atoms with Gasteiger partial charge in [0.1, 0.15) is 11.5 Å². The van der Waals surface area contributed by atoms with E-state index in [2.05, 4.69) is 6.07 Å². The van der Waals surface area contributed by atoms with Crippen molar-refractivity contribution in [3.63, 3.8) is 0 Å². The van der Waals surface area contributed by atoms with Crippen molar-refractivity contribution in [2.24, 2.45) is 0 Å². The van der Waals surface area contributed by atoms with Crippen LogP contribution < -0.4 is 18.9 Å². The van der Waals surface area contributed by atoms with Gasteiger partial charge < -0.3 is 24.1 Å². The first-order valence-corrected chi connectivity index (χ1v) is 11.2. The highest BCUT2D eigenvalue weighted by atomic mass is 32.2. The summed E-state index contributed by atoms with van der Waals surface area (Å²) in [5, 5.41) is 22.2. The lowest BCUT2D eigenvalue weighted by Crippen LogP contribution is -2.48. The molecule has 9 heteroatoms. The molecule has 33 heavy (non-hydrogen) atoms. The van der Waals surface area contributed by atoms with Crippen molar-refractivity contribution in [1.82, 2.24) is 4.90 Å². The standard InChI is InChI=1S/C24H24N2O6S/c1-29-15-6-8-19(30-2)17(10-15)16-11-22(27)26-23(18(16)12-25)33-13-24(26,28)14-5-7-20(31-3)21(9-14)32-4/h5-10,16,28H,11,13H2,1-4H3/t16-,24+/m1/s1. The number of carbonyl (C=O) groups excluding carboxylic acids is 1. The summed E-state index contributed by atoms with van der Waals surface area (Å²) < 4.78 is 21.5. The molecular weight excluding hydrogens is 444 g/mol. The summed E-state index contributed by atoms with van der Waals surface area (Å²) in [7, 11) is 6.13. The molecule has 1 fully saturated rings. The van der Waals surface area contributed by atoms with Gasteiger partial charge in [0, 0.05) is 23.5 Å². The number of hydrogen-bond acceptors (Lipinski definition) is 8. The average Bonchev–Trinajstić information content (AvgIpc) is 3.21. The van der Waals surface area contributed by atoms with E-state index in [1.165, 1.54) is 30.9 Å². The average molecular weight is 469 g/mol. The Bertz CT molecular complexity index is 1170. The zero-order chi connectivity index (χ0) is 23.8. The van der Waals surface area contributed by atoms with Crippen LogP contribution >= 0.6 is 11.8 Å². The van der Waals surface area contributed by atoms with Gasteiger partial charge in [-0.05, 0) is 30.3 Å². The molecule has 0 radical (unpaired) electrons. The van der Waals surface area contributed by atoms with Gasteiger partial charge in [0.15, 0.2) is 17.2 Å². The minimum Gasteiger partial charge on any atom is -0.497 e.